The summed E-state index contributed by atoms with van der Waals surface area (Å²) in [5, 5.41) is 7.45. The second kappa shape index (κ2) is 8.05. The van der Waals surface area contributed by atoms with Gasteiger partial charge in [0.25, 0.3) is 5.91 Å². The maximum absolute atomic E-state index is 12.0. The average molecular weight is 358 g/mol. The molecule has 2 aliphatic rings. The summed E-state index contributed by atoms with van der Waals surface area (Å²) in [5.74, 6) is 0.914. The zero-order chi connectivity index (χ0) is 17.8. The lowest BCUT2D eigenvalue weighted by molar-refractivity contribution is 0.0443. The van der Waals surface area contributed by atoms with Crippen molar-refractivity contribution in [3.05, 3.63) is 42.1 Å². The molecule has 7 nitrogen and oxygen atoms in total. The Labute approximate surface area is 153 Å². The average Bonchev–Trinajstić information content (AvgIpc) is 3.34. The number of hydrogen-bond acceptors (Lipinski definition) is 5. The molecule has 4 heterocycles. The van der Waals surface area contributed by atoms with Gasteiger partial charge in [-0.2, -0.15) is 5.10 Å². The first-order chi connectivity index (χ1) is 12.8. The molecule has 0 aromatic carbocycles. The Morgan fingerprint density at radius 2 is 2.19 bits per heavy atom. The fraction of sp³-hybridized carbons (Fsp3) is 0.579. The van der Waals surface area contributed by atoms with Crippen LogP contribution in [0.1, 0.15) is 41.6 Å². The smallest absolute Gasteiger partial charge is 0.286 e. The largest absolute Gasteiger partial charge is 0.459 e. The summed E-state index contributed by atoms with van der Waals surface area (Å²) in [5.41, 5.74) is 1.26. The second-order valence-corrected chi connectivity index (χ2v) is 7.19. The van der Waals surface area contributed by atoms with Crippen LogP contribution in [0.15, 0.2) is 35.1 Å². The van der Waals surface area contributed by atoms with Crippen molar-refractivity contribution in [2.24, 2.45) is 5.92 Å². The molecular formula is C19H26N4O3. The van der Waals surface area contributed by atoms with Gasteiger partial charge in [-0.3, -0.25) is 14.4 Å². The van der Waals surface area contributed by atoms with E-state index in [4.69, 9.17) is 9.15 Å². The van der Waals surface area contributed by atoms with Gasteiger partial charge in [0.2, 0.25) is 0 Å². The van der Waals surface area contributed by atoms with Crippen molar-refractivity contribution in [2.75, 3.05) is 32.8 Å². The Hall–Kier alpha value is -2.12. The lowest BCUT2D eigenvalue weighted by atomic mass is 9.98. The van der Waals surface area contributed by atoms with Crippen LogP contribution in [0.2, 0.25) is 0 Å². The van der Waals surface area contributed by atoms with Gasteiger partial charge in [-0.15, -0.1) is 0 Å². The van der Waals surface area contributed by atoms with E-state index in [1.165, 1.54) is 12.0 Å². The number of furan rings is 1. The van der Waals surface area contributed by atoms with E-state index in [0.717, 1.165) is 58.0 Å². The lowest BCUT2D eigenvalue weighted by Gasteiger charge is -2.36. The van der Waals surface area contributed by atoms with Crippen LogP contribution < -0.4 is 5.32 Å². The molecule has 1 atom stereocenters. The van der Waals surface area contributed by atoms with Crippen molar-refractivity contribution in [1.82, 2.24) is 20.0 Å². The monoisotopic (exact) mass is 358 g/mol. The molecule has 2 aromatic heterocycles. The van der Waals surface area contributed by atoms with Crippen LogP contribution in [0.3, 0.4) is 0 Å². The Balaban J connectivity index is 1.33. The maximum Gasteiger partial charge on any atom is 0.286 e. The SMILES string of the molecule is O=C(NCC[C@@H]1CN(CC2CCOCC2)Cc2ccnn21)c1ccco1. The Morgan fingerprint density at radius 3 is 3.00 bits per heavy atom. The molecule has 0 bridgehead atoms. The van der Waals surface area contributed by atoms with Crippen LogP contribution in [0.5, 0.6) is 0 Å². The molecule has 1 fully saturated rings. The van der Waals surface area contributed by atoms with Gasteiger partial charge in [0.1, 0.15) is 0 Å². The number of ether oxygens (including phenoxy) is 1. The molecule has 2 aromatic rings. The van der Waals surface area contributed by atoms with Crippen LogP contribution in [-0.4, -0.2) is 53.4 Å². The van der Waals surface area contributed by atoms with Gasteiger partial charge >= 0.3 is 0 Å². The third-order valence-corrected chi connectivity index (χ3v) is 5.32. The zero-order valence-electron chi connectivity index (χ0n) is 15.0. The van der Waals surface area contributed by atoms with Crippen LogP contribution in [0, 0.1) is 5.92 Å². The summed E-state index contributed by atoms with van der Waals surface area (Å²) >= 11 is 0. The summed E-state index contributed by atoms with van der Waals surface area (Å²) in [7, 11) is 0. The molecule has 0 saturated carbocycles. The van der Waals surface area contributed by atoms with Gasteiger partial charge in [-0.05, 0) is 43.4 Å². The highest BCUT2D eigenvalue weighted by atomic mass is 16.5. The first-order valence-electron chi connectivity index (χ1n) is 9.44. The maximum atomic E-state index is 12.0. The molecular weight excluding hydrogens is 332 g/mol. The summed E-state index contributed by atoms with van der Waals surface area (Å²) in [6.07, 6.45) is 6.55. The van der Waals surface area contributed by atoms with Crippen molar-refractivity contribution in [1.29, 1.82) is 0 Å². The predicted octanol–water partition coefficient (Wildman–Crippen LogP) is 2.08. The predicted molar refractivity (Wildman–Crippen MR) is 95.7 cm³/mol. The number of aromatic nitrogens is 2. The highest BCUT2D eigenvalue weighted by molar-refractivity contribution is 5.91. The van der Waals surface area contributed by atoms with E-state index in [2.05, 4.69) is 26.1 Å². The van der Waals surface area contributed by atoms with E-state index in [1.807, 2.05) is 6.20 Å². The van der Waals surface area contributed by atoms with Crippen molar-refractivity contribution in [3.8, 4) is 0 Å². The number of nitrogens with one attached hydrogen (secondary N) is 1. The first kappa shape index (κ1) is 17.3. The number of carbonyl (C=O) groups excluding carboxylic acids is 1. The fourth-order valence-corrected chi connectivity index (χ4v) is 3.96. The summed E-state index contributed by atoms with van der Waals surface area (Å²) in [6, 6.07) is 5.78. The number of hydrogen-bond donors (Lipinski definition) is 1. The third kappa shape index (κ3) is 3.99. The number of carbonyl (C=O) groups is 1. The second-order valence-electron chi connectivity index (χ2n) is 7.19. The highest BCUT2D eigenvalue weighted by Crippen LogP contribution is 2.25. The minimum Gasteiger partial charge on any atom is -0.459 e. The van der Waals surface area contributed by atoms with E-state index in [1.54, 1.807) is 12.1 Å². The van der Waals surface area contributed by atoms with E-state index in [0.29, 0.717) is 12.3 Å². The minimum absolute atomic E-state index is 0.162. The molecule has 4 rings (SSSR count). The number of nitrogens with zero attached hydrogens (tertiary/aromatic N) is 3. The van der Waals surface area contributed by atoms with Gasteiger partial charge in [0.05, 0.1) is 18.0 Å². The standard InChI is InChI=1S/C19H26N4O3/c24-19(18-2-1-9-26-18)20-7-3-16-13-22(12-15-5-10-25-11-6-15)14-17-4-8-21-23(16)17/h1-2,4,8-9,15-16H,3,5-7,10-14H2,(H,20,24)/t16-/m1/s1. The topological polar surface area (TPSA) is 72.5 Å². The molecule has 140 valence electrons. The minimum atomic E-state index is -0.162. The van der Waals surface area contributed by atoms with Crippen LogP contribution in [0.4, 0.5) is 0 Å². The van der Waals surface area contributed by atoms with E-state index >= 15 is 0 Å². The first-order valence-corrected chi connectivity index (χ1v) is 9.44. The molecule has 1 saturated heterocycles. The molecule has 1 N–H and O–H groups in total. The van der Waals surface area contributed by atoms with Crippen molar-refractivity contribution in [3.63, 3.8) is 0 Å². The summed E-state index contributed by atoms with van der Waals surface area (Å²) in [4.78, 5) is 14.6. The van der Waals surface area contributed by atoms with Crippen molar-refractivity contribution in [2.45, 2.75) is 31.8 Å². The van der Waals surface area contributed by atoms with Crippen molar-refractivity contribution < 1.29 is 13.9 Å². The van der Waals surface area contributed by atoms with E-state index in [9.17, 15) is 4.79 Å². The Morgan fingerprint density at radius 1 is 1.31 bits per heavy atom. The summed E-state index contributed by atoms with van der Waals surface area (Å²) < 4.78 is 12.7. The number of fused-ring (bicyclic) bond motifs is 1. The van der Waals surface area contributed by atoms with Crippen LogP contribution >= 0.6 is 0 Å². The molecule has 0 radical (unpaired) electrons. The Bertz CT molecular complexity index is 706. The van der Waals surface area contributed by atoms with Gasteiger partial charge in [0.15, 0.2) is 5.76 Å². The number of rotatable bonds is 6. The fourth-order valence-electron chi connectivity index (χ4n) is 3.96. The van der Waals surface area contributed by atoms with Gasteiger partial charge in [-0.1, -0.05) is 0 Å². The molecule has 1 amide bonds. The molecule has 0 unspecified atom stereocenters. The van der Waals surface area contributed by atoms with Crippen LogP contribution in [-0.2, 0) is 11.3 Å². The molecule has 0 aliphatic carbocycles. The normalized spacial score (nSPS) is 21.5. The molecule has 2 aliphatic heterocycles. The highest BCUT2D eigenvalue weighted by Gasteiger charge is 2.27. The van der Waals surface area contributed by atoms with Gasteiger partial charge in [-0.25, -0.2) is 0 Å². The lowest BCUT2D eigenvalue weighted by Crippen LogP contribution is -2.42. The van der Waals surface area contributed by atoms with Gasteiger partial charge < -0.3 is 14.5 Å². The van der Waals surface area contributed by atoms with E-state index in [-0.39, 0.29) is 11.9 Å². The zero-order valence-corrected chi connectivity index (χ0v) is 15.0. The quantitative estimate of drug-likeness (QED) is 0.856. The van der Waals surface area contributed by atoms with Crippen LogP contribution in [0.25, 0.3) is 0 Å². The number of amides is 1. The molecule has 0 spiro atoms. The Kier molecular flexibility index (Phi) is 5.36. The third-order valence-electron chi connectivity index (χ3n) is 5.32. The van der Waals surface area contributed by atoms with Crippen molar-refractivity contribution >= 4 is 5.91 Å². The molecule has 26 heavy (non-hydrogen) atoms. The summed E-state index contributed by atoms with van der Waals surface area (Å²) in [6.45, 7) is 5.42. The molecule has 7 heteroatoms. The van der Waals surface area contributed by atoms with E-state index < -0.39 is 0 Å². The van der Waals surface area contributed by atoms with Gasteiger partial charge in [0, 0.05) is 45.6 Å².